The van der Waals surface area contributed by atoms with Crippen LogP contribution in [0.1, 0.15) is 45.4 Å². The smallest absolute Gasteiger partial charge is 0.0264 e. The SMILES string of the molecule is CC12CCC1CC1C(CC3CC3)C12. The van der Waals surface area contributed by atoms with E-state index in [2.05, 4.69) is 6.92 Å². The lowest BCUT2D eigenvalue weighted by Gasteiger charge is -2.45. The Bertz CT molecular complexity index is 253. The summed E-state index contributed by atoms with van der Waals surface area (Å²) < 4.78 is 0. The first-order valence-corrected chi connectivity index (χ1v) is 6.29. The van der Waals surface area contributed by atoms with Crippen LogP contribution in [-0.2, 0) is 0 Å². The summed E-state index contributed by atoms with van der Waals surface area (Å²) in [6, 6.07) is 0. The van der Waals surface area contributed by atoms with E-state index in [4.69, 9.17) is 0 Å². The Morgan fingerprint density at radius 2 is 2.08 bits per heavy atom. The molecule has 0 aromatic carbocycles. The zero-order valence-electron chi connectivity index (χ0n) is 8.63. The van der Waals surface area contributed by atoms with E-state index in [1.165, 1.54) is 23.7 Å². The van der Waals surface area contributed by atoms with Gasteiger partial charge in [-0.1, -0.05) is 19.8 Å². The maximum absolute atomic E-state index is 2.60. The molecule has 4 saturated carbocycles. The largest absolute Gasteiger partial charge is 0.0591 e. The van der Waals surface area contributed by atoms with Crippen molar-refractivity contribution in [3.63, 3.8) is 0 Å². The van der Waals surface area contributed by atoms with Gasteiger partial charge in [0.2, 0.25) is 0 Å². The van der Waals surface area contributed by atoms with E-state index < -0.39 is 0 Å². The maximum atomic E-state index is 2.60. The molecular weight excluding hydrogens is 156 g/mol. The van der Waals surface area contributed by atoms with Crippen LogP contribution in [0.2, 0.25) is 0 Å². The lowest BCUT2D eigenvalue weighted by Crippen LogP contribution is -2.37. The maximum Gasteiger partial charge on any atom is -0.0264 e. The molecule has 4 rings (SSSR count). The van der Waals surface area contributed by atoms with E-state index in [0.29, 0.717) is 0 Å². The molecule has 4 aliphatic carbocycles. The number of rotatable bonds is 2. The molecule has 5 unspecified atom stereocenters. The molecule has 72 valence electrons. The van der Waals surface area contributed by atoms with Crippen molar-refractivity contribution in [1.29, 1.82) is 0 Å². The Balaban J connectivity index is 1.51. The van der Waals surface area contributed by atoms with Crippen molar-refractivity contribution in [3.8, 4) is 0 Å². The molecule has 5 atom stereocenters. The monoisotopic (exact) mass is 176 g/mol. The summed E-state index contributed by atoms with van der Waals surface area (Å²) in [5, 5.41) is 0. The van der Waals surface area contributed by atoms with Gasteiger partial charge >= 0.3 is 0 Å². The van der Waals surface area contributed by atoms with Crippen molar-refractivity contribution in [3.05, 3.63) is 0 Å². The van der Waals surface area contributed by atoms with Crippen molar-refractivity contribution < 1.29 is 0 Å². The van der Waals surface area contributed by atoms with Crippen LogP contribution in [-0.4, -0.2) is 0 Å². The molecule has 4 fully saturated rings. The predicted molar refractivity (Wildman–Crippen MR) is 53.3 cm³/mol. The third kappa shape index (κ3) is 0.789. The average molecular weight is 176 g/mol. The number of fused-ring (bicyclic) bond motifs is 3. The standard InChI is InChI=1S/C13H20/c1-13-5-4-9(13)7-11-10(12(11)13)6-8-2-3-8/h8-12H,2-7H2,1H3. The van der Waals surface area contributed by atoms with E-state index in [1.807, 2.05) is 0 Å². The Morgan fingerprint density at radius 1 is 1.23 bits per heavy atom. The van der Waals surface area contributed by atoms with Gasteiger partial charge in [-0.25, -0.2) is 0 Å². The van der Waals surface area contributed by atoms with Crippen LogP contribution in [0, 0.1) is 35.0 Å². The van der Waals surface area contributed by atoms with Crippen LogP contribution in [0.15, 0.2) is 0 Å². The van der Waals surface area contributed by atoms with Gasteiger partial charge in [0.05, 0.1) is 0 Å². The topological polar surface area (TPSA) is 0 Å². The van der Waals surface area contributed by atoms with Gasteiger partial charge in [0.25, 0.3) is 0 Å². The van der Waals surface area contributed by atoms with E-state index in [0.717, 1.165) is 11.3 Å². The molecule has 0 saturated heterocycles. The van der Waals surface area contributed by atoms with Gasteiger partial charge in [-0.3, -0.25) is 0 Å². The lowest BCUT2D eigenvalue weighted by atomic mass is 9.60. The molecule has 0 aliphatic heterocycles. The molecule has 0 heterocycles. The van der Waals surface area contributed by atoms with E-state index in [9.17, 15) is 0 Å². The van der Waals surface area contributed by atoms with E-state index in [1.54, 1.807) is 38.5 Å². The van der Waals surface area contributed by atoms with Crippen molar-refractivity contribution in [2.45, 2.75) is 45.4 Å². The zero-order valence-corrected chi connectivity index (χ0v) is 8.63. The normalized spacial score (nSPS) is 62.5. The lowest BCUT2D eigenvalue weighted by molar-refractivity contribution is 0.0424. The quantitative estimate of drug-likeness (QED) is 0.604. The summed E-state index contributed by atoms with van der Waals surface area (Å²) in [5.74, 6) is 5.95. The Morgan fingerprint density at radius 3 is 2.62 bits per heavy atom. The van der Waals surface area contributed by atoms with Gasteiger partial charge in [-0.05, 0) is 60.7 Å². The van der Waals surface area contributed by atoms with Gasteiger partial charge in [-0.15, -0.1) is 0 Å². The fourth-order valence-electron chi connectivity index (χ4n) is 4.76. The Hall–Kier alpha value is 0. The van der Waals surface area contributed by atoms with Gasteiger partial charge in [-0.2, -0.15) is 0 Å². The molecule has 0 radical (unpaired) electrons. The molecular formula is C13H20. The molecule has 13 heavy (non-hydrogen) atoms. The number of hydrogen-bond acceptors (Lipinski definition) is 0. The summed E-state index contributed by atoms with van der Waals surface area (Å²) in [6.45, 7) is 2.60. The van der Waals surface area contributed by atoms with Crippen LogP contribution in [0.25, 0.3) is 0 Å². The fraction of sp³-hybridized carbons (Fsp3) is 1.00. The molecule has 0 aromatic rings. The molecule has 4 aliphatic rings. The summed E-state index contributed by atoms with van der Waals surface area (Å²) >= 11 is 0. The third-order valence-corrected chi connectivity index (χ3v) is 5.92. The molecule has 0 spiro atoms. The average Bonchev–Trinajstić information content (AvgIpc) is 2.96. The first-order chi connectivity index (χ1) is 6.29. The van der Waals surface area contributed by atoms with Crippen LogP contribution >= 0.6 is 0 Å². The highest BCUT2D eigenvalue weighted by atomic mass is 14.7. The highest BCUT2D eigenvalue weighted by Crippen LogP contribution is 2.76. The van der Waals surface area contributed by atoms with Gasteiger partial charge in [0.15, 0.2) is 0 Å². The summed E-state index contributed by atoms with van der Waals surface area (Å²) in [4.78, 5) is 0. The van der Waals surface area contributed by atoms with Crippen molar-refractivity contribution in [2.75, 3.05) is 0 Å². The van der Waals surface area contributed by atoms with Gasteiger partial charge in [0, 0.05) is 0 Å². The first kappa shape index (κ1) is 7.31. The third-order valence-electron chi connectivity index (χ3n) is 5.92. The molecule has 0 nitrogen and oxygen atoms in total. The van der Waals surface area contributed by atoms with E-state index in [-0.39, 0.29) is 0 Å². The van der Waals surface area contributed by atoms with Gasteiger partial charge in [0.1, 0.15) is 0 Å². The minimum Gasteiger partial charge on any atom is -0.0591 e. The molecule has 0 aromatic heterocycles. The molecule has 0 heteroatoms. The van der Waals surface area contributed by atoms with Crippen LogP contribution < -0.4 is 0 Å². The van der Waals surface area contributed by atoms with Crippen LogP contribution in [0.4, 0.5) is 0 Å². The summed E-state index contributed by atoms with van der Waals surface area (Å²) in [6.07, 6.45) is 9.52. The highest BCUT2D eigenvalue weighted by Gasteiger charge is 2.69. The zero-order chi connectivity index (χ0) is 8.63. The summed E-state index contributed by atoms with van der Waals surface area (Å²) in [7, 11) is 0. The second-order valence-electron chi connectivity index (χ2n) is 6.51. The summed E-state index contributed by atoms with van der Waals surface area (Å²) in [5.41, 5.74) is 0.851. The predicted octanol–water partition coefficient (Wildman–Crippen LogP) is 3.47. The van der Waals surface area contributed by atoms with Crippen molar-refractivity contribution in [1.82, 2.24) is 0 Å². The fourth-order valence-corrected chi connectivity index (χ4v) is 4.76. The minimum atomic E-state index is 0.851. The van der Waals surface area contributed by atoms with Crippen molar-refractivity contribution in [2.24, 2.45) is 35.0 Å². The second-order valence-corrected chi connectivity index (χ2v) is 6.51. The Labute approximate surface area is 81.1 Å². The van der Waals surface area contributed by atoms with Crippen molar-refractivity contribution >= 4 is 0 Å². The Kier molecular flexibility index (Phi) is 1.12. The van der Waals surface area contributed by atoms with Gasteiger partial charge < -0.3 is 0 Å². The molecule has 0 N–H and O–H groups in total. The molecule has 0 bridgehead atoms. The number of hydrogen-bond donors (Lipinski definition) is 0. The first-order valence-electron chi connectivity index (χ1n) is 6.29. The second kappa shape index (κ2) is 1.99. The minimum absolute atomic E-state index is 0.851. The van der Waals surface area contributed by atoms with E-state index >= 15 is 0 Å². The molecule has 0 amide bonds. The van der Waals surface area contributed by atoms with Crippen LogP contribution in [0.5, 0.6) is 0 Å². The van der Waals surface area contributed by atoms with Crippen LogP contribution in [0.3, 0.4) is 0 Å². The highest BCUT2D eigenvalue weighted by molar-refractivity contribution is 5.18.